The fourth-order valence-corrected chi connectivity index (χ4v) is 2.86. The summed E-state index contributed by atoms with van der Waals surface area (Å²) >= 11 is 5.98. The van der Waals surface area contributed by atoms with Gasteiger partial charge in [-0.05, 0) is 49.2 Å². The van der Waals surface area contributed by atoms with Crippen molar-refractivity contribution >= 4 is 34.2 Å². The molecule has 5 nitrogen and oxygen atoms in total. The number of fused-ring (bicyclic) bond motifs is 1. The van der Waals surface area contributed by atoms with Gasteiger partial charge in [-0.3, -0.25) is 4.79 Å². The van der Waals surface area contributed by atoms with Crippen LogP contribution in [-0.2, 0) is 11.2 Å². The number of rotatable bonds is 4. The molecule has 1 amide bonds. The Morgan fingerprint density at radius 3 is 2.83 bits per heavy atom. The van der Waals surface area contributed by atoms with Crippen LogP contribution < -0.4 is 10.1 Å². The van der Waals surface area contributed by atoms with E-state index >= 15 is 0 Å². The molecule has 2 aromatic carbocycles. The maximum Gasteiger partial charge on any atom is 0.230 e. The normalized spacial score (nSPS) is 10.8. The van der Waals surface area contributed by atoms with Gasteiger partial charge in [-0.1, -0.05) is 22.8 Å². The number of anilines is 1. The van der Waals surface area contributed by atoms with Crippen molar-refractivity contribution in [3.63, 3.8) is 0 Å². The molecule has 0 saturated carbocycles. The van der Waals surface area contributed by atoms with Gasteiger partial charge in [0.2, 0.25) is 5.91 Å². The summed E-state index contributed by atoms with van der Waals surface area (Å²) in [5.41, 5.74) is 3.94. The van der Waals surface area contributed by atoms with Gasteiger partial charge in [-0.2, -0.15) is 0 Å². The molecule has 3 rings (SSSR count). The third kappa shape index (κ3) is 3.21. The van der Waals surface area contributed by atoms with E-state index in [1.54, 1.807) is 18.2 Å². The highest BCUT2D eigenvalue weighted by Crippen LogP contribution is 2.28. The van der Waals surface area contributed by atoms with Crippen molar-refractivity contribution in [1.82, 2.24) is 5.16 Å². The average Bonchev–Trinajstić information content (AvgIpc) is 2.90. The van der Waals surface area contributed by atoms with Gasteiger partial charge in [0.1, 0.15) is 11.4 Å². The Morgan fingerprint density at radius 2 is 2.08 bits per heavy atom. The Morgan fingerprint density at radius 1 is 1.29 bits per heavy atom. The smallest absolute Gasteiger partial charge is 0.230 e. The summed E-state index contributed by atoms with van der Waals surface area (Å²) in [6, 6.07) is 9.05. The SMILES string of the molecule is COc1ccc(Cl)cc1NC(=O)Cc1noc2c(C)cc(C)cc12. The number of ether oxygens (including phenoxy) is 1. The molecule has 0 radical (unpaired) electrons. The van der Waals surface area contributed by atoms with Crippen molar-refractivity contribution < 1.29 is 14.1 Å². The van der Waals surface area contributed by atoms with Gasteiger partial charge >= 0.3 is 0 Å². The van der Waals surface area contributed by atoms with Gasteiger partial charge in [0.15, 0.2) is 5.58 Å². The number of aryl methyl sites for hydroxylation is 2. The number of nitrogens with one attached hydrogen (secondary N) is 1. The van der Waals surface area contributed by atoms with Crippen LogP contribution in [0.5, 0.6) is 5.75 Å². The number of halogens is 1. The fraction of sp³-hybridized carbons (Fsp3) is 0.222. The molecule has 0 atom stereocenters. The number of methoxy groups -OCH3 is 1. The zero-order chi connectivity index (χ0) is 17.3. The number of aromatic nitrogens is 1. The van der Waals surface area contributed by atoms with Gasteiger partial charge in [0.05, 0.1) is 19.2 Å². The number of carbonyl (C=O) groups excluding carboxylic acids is 1. The molecule has 0 fully saturated rings. The van der Waals surface area contributed by atoms with Crippen LogP contribution in [0.3, 0.4) is 0 Å². The molecule has 0 unspecified atom stereocenters. The first-order chi connectivity index (χ1) is 11.5. The predicted octanol–water partition coefficient (Wildman–Crippen LogP) is 4.29. The zero-order valence-electron chi connectivity index (χ0n) is 13.6. The first-order valence-electron chi connectivity index (χ1n) is 7.47. The van der Waals surface area contributed by atoms with E-state index in [9.17, 15) is 4.79 Å². The average molecular weight is 345 g/mol. The van der Waals surface area contributed by atoms with E-state index in [2.05, 4.69) is 10.5 Å². The Hall–Kier alpha value is -2.53. The van der Waals surface area contributed by atoms with Crippen LogP contribution in [0.2, 0.25) is 5.02 Å². The summed E-state index contributed by atoms with van der Waals surface area (Å²) in [4.78, 5) is 12.4. The molecule has 0 saturated heterocycles. The maximum atomic E-state index is 12.4. The van der Waals surface area contributed by atoms with Gasteiger partial charge in [0.25, 0.3) is 0 Å². The fourth-order valence-electron chi connectivity index (χ4n) is 2.69. The molecule has 6 heteroatoms. The van der Waals surface area contributed by atoms with Crippen LogP contribution >= 0.6 is 11.6 Å². The number of carbonyl (C=O) groups is 1. The summed E-state index contributed by atoms with van der Waals surface area (Å²) < 4.78 is 10.6. The molecule has 0 aliphatic rings. The largest absolute Gasteiger partial charge is 0.495 e. The van der Waals surface area contributed by atoms with Crippen LogP contribution in [0, 0.1) is 13.8 Å². The molecular weight excluding hydrogens is 328 g/mol. The number of hydrogen-bond acceptors (Lipinski definition) is 4. The van der Waals surface area contributed by atoms with Crippen molar-refractivity contribution in [2.75, 3.05) is 12.4 Å². The van der Waals surface area contributed by atoms with Gasteiger partial charge in [-0.15, -0.1) is 0 Å². The van der Waals surface area contributed by atoms with Crippen molar-refractivity contribution in [2.45, 2.75) is 20.3 Å². The van der Waals surface area contributed by atoms with Gasteiger partial charge in [-0.25, -0.2) is 0 Å². The lowest BCUT2D eigenvalue weighted by Gasteiger charge is -2.10. The monoisotopic (exact) mass is 344 g/mol. The molecule has 3 aromatic rings. The predicted molar refractivity (Wildman–Crippen MR) is 93.8 cm³/mol. The van der Waals surface area contributed by atoms with Crippen LogP contribution in [0.1, 0.15) is 16.8 Å². The van der Waals surface area contributed by atoms with Crippen LogP contribution in [-0.4, -0.2) is 18.2 Å². The topological polar surface area (TPSA) is 64.4 Å². The molecular formula is C18H17ClN2O3. The second-order valence-corrected chi connectivity index (χ2v) is 6.09. The van der Waals surface area contributed by atoms with Crippen molar-refractivity contribution in [3.8, 4) is 5.75 Å². The second kappa shape index (κ2) is 6.53. The van der Waals surface area contributed by atoms with E-state index in [0.717, 1.165) is 16.5 Å². The summed E-state index contributed by atoms with van der Waals surface area (Å²) in [6.45, 7) is 3.96. The minimum atomic E-state index is -0.218. The number of nitrogens with zero attached hydrogens (tertiary/aromatic N) is 1. The Labute approximate surface area is 144 Å². The van der Waals surface area contributed by atoms with Crippen LogP contribution in [0.15, 0.2) is 34.9 Å². The number of hydrogen-bond donors (Lipinski definition) is 1. The minimum Gasteiger partial charge on any atom is -0.495 e. The molecule has 0 spiro atoms. The number of benzene rings is 2. The molecule has 0 aliphatic carbocycles. The molecule has 1 N–H and O–H groups in total. The second-order valence-electron chi connectivity index (χ2n) is 5.66. The first kappa shape index (κ1) is 16.3. The molecule has 24 heavy (non-hydrogen) atoms. The summed E-state index contributed by atoms with van der Waals surface area (Å²) in [6.07, 6.45) is 0.103. The Balaban J connectivity index is 1.85. The maximum absolute atomic E-state index is 12.4. The van der Waals surface area contributed by atoms with E-state index < -0.39 is 0 Å². The molecule has 0 aliphatic heterocycles. The first-order valence-corrected chi connectivity index (χ1v) is 7.84. The third-order valence-corrected chi connectivity index (χ3v) is 3.98. The van der Waals surface area contributed by atoms with Crippen molar-refractivity contribution in [1.29, 1.82) is 0 Å². The van der Waals surface area contributed by atoms with Crippen molar-refractivity contribution in [3.05, 3.63) is 52.2 Å². The molecule has 1 aromatic heterocycles. The quantitative estimate of drug-likeness (QED) is 0.766. The van der Waals surface area contributed by atoms with E-state index in [4.69, 9.17) is 20.9 Å². The van der Waals surface area contributed by atoms with Crippen LogP contribution in [0.25, 0.3) is 11.0 Å². The lowest BCUT2D eigenvalue weighted by Crippen LogP contribution is -2.15. The van der Waals surface area contributed by atoms with E-state index in [1.165, 1.54) is 7.11 Å². The van der Waals surface area contributed by atoms with Gasteiger partial charge < -0.3 is 14.6 Å². The van der Waals surface area contributed by atoms with Crippen molar-refractivity contribution in [2.24, 2.45) is 0 Å². The highest BCUT2D eigenvalue weighted by atomic mass is 35.5. The molecule has 124 valence electrons. The highest BCUT2D eigenvalue weighted by Gasteiger charge is 2.16. The molecule has 1 heterocycles. The van der Waals surface area contributed by atoms with Crippen LogP contribution in [0.4, 0.5) is 5.69 Å². The van der Waals surface area contributed by atoms with Gasteiger partial charge in [0, 0.05) is 10.4 Å². The lowest BCUT2D eigenvalue weighted by atomic mass is 10.1. The zero-order valence-corrected chi connectivity index (χ0v) is 14.4. The Kier molecular flexibility index (Phi) is 4.44. The third-order valence-electron chi connectivity index (χ3n) is 3.74. The highest BCUT2D eigenvalue weighted by molar-refractivity contribution is 6.31. The minimum absolute atomic E-state index is 0.103. The van der Waals surface area contributed by atoms with E-state index in [1.807, 2.05) is 26.0 Å². The summed E-state index contributed by atoms with van der Waals surface area (Å²) in [5, 5.41) is 8.23. The summed E-state index contributed by atoms with van der Waals surface area (Å²) in [7, 11) is 1.54. The van der Waals surface area contributed by atoms with E-state index in [-0.39, 0.29) is 12.3 Å². The Bertz CT molecular complexity index is 918. The number of amides is 1. The molecule has 0 bridgehead atoms. The standard InChI is InChI=1S/C18H17ClN2O3/c1-10-6-11(2)18-13(7-10)14(21-24-18)9-17(22)20-15-8-12(19)4-5-16(15)23-3/h4-8H,9H2,1-3H3,(H,20,22). The summed E-state index contributed by atoms with van der Waals surface area (Å²) in [5.74, 6) is 0.328. The lowest BCUT2D eigenvalue weighted by molar-refractivity contribution is -0.115. The van der Waals surface area contributed by atoms with E-state index in [0.29, 0.717) is 27.7 Å².